The Balaban J connectivity index is 1.92. The number of aromatic nitrogens is 1. The molecule has 0 aliphatic heterocycles. The van der Waals surface area contributed by atoms with Gasteiger partial charge in [-0.1, -0.05) is 22.0 Å². The number of carboxylic acid groups (broad SMARTS) is 1. The molecule has 0 radical (unpaired) electrons. The lowest BCUT2D eigenvalue weighted by atomic mass is 10.2. The van der Waals surface area contributed by atoms with Gasteiger partial charge in [-0.25, -0.2) is 4.79 Å². The maximum absolute atomic E-state index is 11.1. The molecule has 0 saturated carbocycles. The van der Waals surface area contributed by atoms with Crippen molar-refractivity contribution >= 4 is 33.8 Å². The summed E-state index contributed by atoms with van der Waals surface area (Å²) in [6.07, 6.45) is 3.64. The van der Waals surface area contributed by atoms with Gasteiger partial charge in [-0.05, 0) is 54.6 Å². The summed E-state index contributed by atoms with van der Waals surface area (Å²) in [5.41, 5.74) is 2.76. The zero-order valence-corrected chi connectivity index (χ0v) is 13.6. The van der Waals surface area contributed by atoms with Crippen LogP contribution in [0.1, 0.15) is 16.1 Å². The van der Waals surface area contributed by atoms with Crippen LogP contribution in [0.15, 0.2) is 76.3 Å². The molecule has 5 heteroatoms. The van der Waals surface area contributed by atoms with Gasteiger partial charge in [0.05, 0.1) is 23.2 Å². The highest BCUT2D eigenvalue weighted by atomic mass is 79.9. The molecule has 114 valence electrons. The number of halogens is 1. The zero-order chi connectivity index (χ0) is 16.2. The van der Waals surface area contributed by atoms with E-state index < -0.39 is 5.97 Å². The third-order valence-electron chi connectivity index (χ3n) is 3.32. The molecule has 0 aliphatic carbocycles. The van der Waals surface area contributed by atoms with Crippen molar-refractivity contribution in [3.63, 3.8) is 0 Å². The van der Waals surface area contributed by atoms with Crippen LogP contribution in [0.4, 0.5) is 5.69 Å². The Morgan fingerprint density at radius 1 is 1.09 bits per heavy atom. The number of hydrogen-bond donors (Lipinski definition) is 1. The second-order valence-corrected chi connectivity index (χ2v) is 5.81. The van der Waals surface area contributed by atoms with E-state index >= 15 is 0 Å². The molecule has 1 N–H and O–H groups in total. The molecule has 0 amide bonds. The van der Waals surface area contributed by atoms with E-state index in [1.54, 1.807) is 24.4 Å². The topological polar surface area (TPSA) is 54.6 Å². The molecular formula is C18H13BrN2O2. The van der Waals surface area contributed by atoms with Gasteiger partial charge in [0.15, 0.2) is 0 Å². The zero-order valence-electron chi connectivity index (χ0n) is 12.1. The van der Waals surface area contributed by atoms with E-state index in [4.69, 9.17) is 5.11 Å². The summed E-state index contributed by atoms with van der Waals surface area (Å²) >= 11 is 3.39. The predicted octanol–water partition coefficient (Wildman–Crippen LogP) is 4.69. The van der Waals surface area contributed by atoms with Gasteiger partial charge in [-0.3, -0.25) is 4.99 Å². The normalized spacial score (nSPS) is 11.0. The first kappa shape index (κ1) is 15.2. The minimum atomic E-state index is -0.941. The maximum atomic E-state index is 11.1. The summed E-state index contributed by atoms with van der Waals surface area (Å²) < 4.78 is 2.90. The summed E-state index contributed by atoms with van der Waals surface area (Å²) in [6.45, 7) is 0. The number of hydrogen-bond acceptors (Lipinski definition) is 2. The van der Waals surface area contributed by atoms with E-state index in [1.807, 2.05) is 53.2 Å². The van der Waals surface area contributed by atoms with E-state index in [9.17, 15) is 4.79 Å². The second-order valence-electron chi connectivity index (χ2n) is 4.89. The smallest absolute Gasteiger partial charge is 0.335 e. The van der Waals surface area contributed by atoms with Crippen molar-refractivity contribution in [1.29, 1.82) is 0 Å². The fourth-order valence-electron chi connectivity index (χ4n) is 2.19. The number of carbonyl (C=O) groups is 1. The van der Waals surface area contributed by atoms with E-state index in [1.165, 1.54) is 0 Å². The highest BCUT2D eigenvalue weighted by Gasteiger charge is 2.06. The van der Waals surface area contributed by atoms with Crippen LogP contribution in [0, 0.1) is 0 Å². The van der Waals surface area contributed by atoms with Crippen LogP contribution in [0.5, 0.6) is 0 Å². The van der Waals surface area contributed by atoms with Crippen molar-refractivity contribution in [2.24, 2.45) is 4.99 Å². The first-order valence-corrected chi connectivity index (χ1v) is 7.73. The van der Waals surface area contributed by atoms with E-state index in [2.05, 4.69) is 20.9 Å². The van der Waals surface area contributed by atoms with Gasteiger partial charge in [0, 0.05) is 16.4 Å². The Bertz CT molecular complexity index is 867. The molecule has 0 saturated heterocycles. The van der Waals surface area contributed by atoms with E-state index in [0.29, 0.717) is 0 Å². The summed E-state index contributed by atoms with van der Waals surface area (Å²) in [7, 11) is 0. The first-order chi connectivity index (χ1) is 11.1. The highest BCUT2D eigenvalue weighted by molar-refractivity contribution is 9.10. The fourth-order valence-corrected chi connectivity index (χ4v) is 2.46. The molecular weight excluding hydrogens is 356 g/mol. The lowest BCUT2D eigenvalue weighted by molar-refractivity contribution is 0.0697. The number of benzene rings is 2. The molecule has 3 rings (SSSR count). The van der Waals surface area contributed by atoms with Crippen molar-refractivity contribution in [3.8, 4) is 5.69 Å². The first-order valence-electron chi connectivity index (χ1n) is 6.94. The number of aliphatic imine (C=N–C) groups is 1. The van der Waals surface area contributed by atoms with Crippen molar-refractivity contribution < 1.29 is 9.90 Å². The van der Waals surface area contributed by atoms with Crippen LogP contribution < -0.4 is 0 Å². The molecule has 0 fully saturated rings. The molecule has 4 nitrogen and oxygen atoms in total. The van der Waals surface area contributed by atoms with Gasteiger partial charge >= 0.3 is 5.97 Å². The van der Waals surface area contributed by atoms with E-state index in [0.717, 1.165) is 21.5 Å². The van der Waals surface area contributed by atoms with Gasteiger partial charge in [0.2, 0.25) is 0 Å². The van der Waals surface area contributed by atoms with Gasteiger partial charge in [0.1, 0.15) is 0 Å². The molecule has 23 heavy (non-hydrogen) atoms. The van der Waals surface area contributed by atoms with Crippen molar-refractivity contribution in [2.45, 2.75) is 0 Å². The Kier molecular flexibility index (Phi) is 4.39. The third kappa shape index (κ3) is 3.57. The monoisotopic (exact) mass is 368 g/mol. The Morgan fingerprint density at radius 2 is 1.87 bits per heavy atom. The van der Waals surface area contributed by atoms with Gasteiger partial charge in [-0.2, -0.15) is 0 Å². The van der Waals surface area contributed by atoms with Gasteiger partial charge in [-0.15, -0.1) is 0 Å². The van der Waals surface area contributed by atoms with Crippen molar-refractivity contribution in [1.82, 2.24) is 4.57 Å². The van der Waals surface area contributed by atoms with Crippen LogP contribution >= 0.6 is 15.9 Å². The lowest BCUT2D eigenvalue weighted by Crippen LogP contribution is -2.01. The van der Waals surface area contributed by atoms with E-state index in [-0.39, 0.29) is 5.56 Å². The Hall–Kier alpha value is -2.66. The quantitative estimate of drug-likeness (QED) is 0.679. The minimum absolute atomic E-state index is 0.256. The summed E-state index contributed by atoms with van der Waals surface area (Å²) in [4.78, 5) is 15.6. The molecule has 0 aliphatic rings. The average Bonchev–Trinajstić information content (AvgIpc) is 3.03. The number of nitrogens with zero attached hydrogens (tertiary/aromatic N) is 2. The molecule has 0 atom stereocenters. The Labute approximate surface area is 141 Å². The molecule has 0 unspecified atom stereocenters. The number of rotatable bonds is 4. The number of aromatic carboxylic acids is 1. The number of carboxylic acids is 1. The largest absolute Gasteiger partial charge is 0.478 e. The molecule has 0 bridgehead atoms. The summed E-state index contributed by atoms with van der Waals surface area (Å²) in [6, 6.07) is 18.3. The van der Waals surface area contributed by atoms with Crippen molar-refractivity contribution in [2.75, 3.05) is 0 Å². The maximum Gasteiger partial charge on any atom is 0.335 e. The predicted molar refractivity (Wildman–Crippen MR) is 94.1 cm³/mol. The standard InChI is InChI=1S/C18H13BrN2O2/c19-14-6-8-15(9-7-14)20-12-17-5-2-10-21(17)16-4-1-3-13(11-16)18(22)23/h1-12H,(H,22,23). The summed E-state index contributed by atoms with van der Waals surface area (Å²) in [5, 5.41) is 9.11. The van der Waals surface area contributed by atoms with Crippen LogP contribution in [0.3, 0.4) is 0 Å². The summed E-state index contributed by atoms with van der Waals surface area (Å²) in [5.74, 6) is -0.941. The second kappa shape index (κ2) is 6.62. The molecule has 1 heterocycles. The average molecular weight is 369 g/mol. The van der Waals surface area contributed by atoms with Crippen LogP contribution in [-0.4, -0.2) is 21.9 Å². The van der Waals surface area contributed by atoms with Crippen LogP contribution in [-0.2, 0) is 0 Å². The van der Waals surface area contributed by atoms with Crippen molar-refractivity contribution in [3.05, 3.63) is 82.6 Å². The third-order valence-corrected chi connectivity index (χ3v) is 3.85. The Morgan fingerprint density at radius 3 is 2.61 bits per heavy atom. The fraction of sp³-hybridized carbons (Fsp3) is 0. The van der Waals surface area contributed by atoms with Gasteiger partial charge < -0.3 is 9.67 Å². The van der Waals surface area contributed by atoms with Gasteiger partial charge in [0.25, 0.3) is 0 Å². The molecule has 0 spiro atoms. The lowest BCUT2D eigenvalue weighted by Gasteiger charge is -2.07. The molecule has 1 aromatic heterocycles. The molecule has 3 aromatic rings. The SMILES string of the molecule is O=C(O)c1cccc(-n2cccc2C=Nc2ccc(Br)cc2)c1. The molecule has 2 aromatic carbocycles. The highest BCUT2D eigenvalue weighted by Crippen LogP contribution is 2.18. The van der Waals surface area contributed by atoms with Crippen LogP contribution in [0.25, 0.3) is 5.69 Å². The minimum Gasteiger partial charge on any atom is -0.478 e. The van der Waals surface area contributed by atoms with Crippen LogP contribution in [0.2, 0.25) is 0 Å².